The number of carboxylic acids is 1. The molecular formula is C21H28O12. The number of Topliss-reactive ketones (excluding diaryl/α,β-unsaturated/α-hetero) is 1. The fourth-order valence-electron chi connectivity index (χ4n) is 6.40. The largest absolute Gasteiger partial charge is 0.479 e. The summed E-state index contributed by atoms with van der Waals surface area (Å²) < 4.78 is 22.9. The summed E-state index contributed by atoms with van der Waals surface area (Å²) in [5.74, 6) is -2.12. The van der Waals surface area contributed by atoms with Gasteiger partial charge < -0.3 is 49.6 Å². The molecule has 12 atom stereocenters. The van der Waals surface area contributed by atoms with E-state index in [4.69, 9.17) is 18.9 Å². The van der Waals surface area contributed by atoms with Crippen LogP contribution in [0, 0.1) is 10.8 Å². The van der Waals surface area contributed by atoms with Gasteiger partial charge in [0.25, 0.3) is 0 Å². The normalized spacial score (nSPS) is 55.3. The number of carboxylic acid groups (broad SMARTS) is 1. The topological polar surface area (TPSA) is 196 Å². The lowest BCUT2D eigenvalue weighted by atomic mass is 9.50. The molecule has 1 saturated carbocycles. The van der Waals surface area contributed by atoms with Crippen LogP contribution in [0.1, 0.15) is 20.3 Å². The molecule has 5 rings (SSSR count). The van der Waals surface area contributed by atoms with Gasteiger partial charge in [-0.3, -0.25) is 4.79 Å². The van der Waals surface area contributed by atoms with Crippen LogP contribution in [-0.2, 0) is 28.5 Å². The van der Waals surface area contributed by atoms with E-state index in [9.17, 15) is 40.2 Å². The molecule has 12 nitrogen and oxygen atoms in total. The number of rotatable bonds is 4. The van der Waals surface area contributed by atoms with E-state index in [0.717, 1.165) is 0 Å². The highest BCUT2D eigenvalue weighted by Gasteiger charge is 2.83. The molecule has 0 aromatic heterocycles. The molecule has 3 aliphatic heterocycles. The van der Waals surface area contributed by atoms with Gasteiger partial charge in [-0.05, 0) is 25.0 Å². The fourth-order valence-corrected chi connectivity index (χ4v) is 6.40. The Bertz CT molecular complexity index is 900. The highest BCUT2D eigenvalue weighted by atomic mass is 16.7. The Kier molecular flexibility index (Phi) is 5.12. The number of hydrogen-bond donors (Lipinski definition) is 6. The average Bonchev–Trinajstić information content (AvgIpc) is 3.53. The first kappa shape index (κ1) is 23.3. The maximum absolute atomic E-state index is 12.9. The van der Waals surface area contributed by atoms with Crippen molar-refractivity contribution in [3.63, 3.8) is 0 Å². The van der Waals surface area contributed by atoms with Crippen LogP contribution in [0.15, 0.2) is 11.6 Å². The number of aliphatic carboxylic acids is 1. The third-order valence-corrected chi connectivity index (χ3v) is 8.47. The number of fused-ring (bicyclic) bond motifs is 2. The Balaban J connectivity index is 1.52. The van der Waals surface area contributed by atoms with Gasteiger partial charge in [0.1, 0.15) is 36.1 Å². The van der Waals surface area contributed by atoms with Crippen LogP contribution < -0.4 is 0 Å². The highest BCUT2D eigenvalue weighted by Crippen LogP contribution is 2.71. The molecule has 3 saturated heterocycles. The smallest absolute Gasteiger partial charge is 0.335 e. The van der Waals surface area contributed by atoms with Gasteiger partial charge in [0.05, 0.1) is 30.8 Å². The number of epoxide rings is 1. The lowest BCUT2D eigenvalue weighted by Gasteiger charge is -2.59. The Morgan fingerprint density at radius 1 is 1.15 bits per heavy atom. The van der Waals surface area contributed by atoms with E-state index in [-0.39, 0.29) is 18.6 Å². The van der Waals surface area contributed by atoms with E-state index in [1.54, 1.807) is 19.9 Å². The summed E-state index contributed by atoms with van der Waals surface area (Å²) in [4.78, 5) is 24.3. The molecule has 0 radical (unpaired) electrons. The predicted molar refractivity (Wildman–Crippen MR) is 104 cm³/mol. The van der Waals surface area contributed by atoms with E-state index < -0.39 is 89.9 Å². The number of carbonyl (C=O) groups excluding carboxylic acids is 1. The molecule has 12 heteroatoms. The molecule has 3 heterocycles. The maximum atomic E-state index is 12.9. The van der Waals surface area contributed by atoms with Crippen molar-refractivity contribution in [2.24, 2.45) is 10.8 Å². The van der Waals surface area contributed by atoms with Gasteiger partial charge >= 0.3 is 5.97 Å². The van der Waals surface area contributed by atoms with Crippen molar-refractivity contribution >= 4 is 11.8 Å². The minimum atomic E-state index is -1.89. The highest BCUT2D eigenvalue weighted by molar-refractivity contribution is 6.00. The molecule has 0 aromatic rings. The molecule has 2 bridgehead atoms. The molecule has 4 fully saturated rings. The van der Waals surface area contributed by atoms with Crippen LogP contribution in [0.2, 0.25) is 0 Å². The van der Waals surface area contributed by atoms with Gasteiger partial charge in [0, 0.05) is 5.41 Å². The summed E-state index contributed by atoms with van der Waals surface area (Å²) in [5.41, 5.74) is -3.13. The number of aliphatic hydroxyl groups excluding tert-OH is 5. The van der Waals surface area contributed by atoms with Gasteiger partial charge in [-0.2, -0.15) is 0 Å². The first-order valence-corrected chi connectivity index (χ1v) is 10.8. The van der Waals surface area contributed by atoms with Gasteiger partial charge in [-0.25, -0.2) is 4.79 Å². The van der Waals surface area contributed by atoms with Crippen LogP contribution in [0.5, 0.6) is 0 Å². The first-order valence-electron chi connectivity index (χ1n) is 10.8. The molecular weight excluding hydrogens is 444 g/mol. The lowest BCUT2D eigenvalue weighted by molar-refractivity contribution is -0.318. The second kappa shape index (κ2) is 7.26. The SMILES string of the molecule is CC1=C[C@H]2O[C@@H]3[C@H](O)C[C@](C)([C@@]2(CO[C@@H]2OC(C(=O)O)[C@H](O)C(O)C2O)[C@H](O)C1=O)[C@]31CO1. The van der Waals surface area contributed by atoms with Crippen LogP contribution in [0.3, 0.4) is 0 Å². The van der Waals surface area contributed by atoms with Gasteiger partial charge in [-0.15, -0.1) is 0 Å². The van der Waals surface area contributed by atoms with E-state index >= 15 is 0 Å². The Hall–Kier alpha value is -1.48. The minimum absolute atomic E-state index is 0.141. The molecule has 2 aliphatic carbocycles. The number of aliphatic hydroxyl groups is 5. The van der Waals surface area contributed by atoms with Crippen LogP contribution in [-0.4, -0.2) is 116 Å². The van der Waals surface area contributed by atoms with E-state index in [1.165, 1.54) is 0 Å². The standard InChI is InChI=1S/C21H28O12/c1-7-3-9-20(15(27)10(7)23,19(2)4-8(22)16(32-9)21(19)6-31-21)5-30-18-13(26)11(24)12(25)14(33-18)17(28)29/h3,8-9,11-16,18,22,24-27H,4-6H2,1-2H3,(H,28,29)/t8-,9-,11?,12-,13?,14?,15-,16-,18-,19-,20-,21+/m1/s1. The molecule has 1 spiro atoms. The predicted octanol–water partition coefficient (Wildman–Crippen LogP) is -2.92. The lowest BCUT2D eigenvalue weighted by Crippen LogP contribution is -2.71. The van der Waals surface area contributed by atoms with Crippen molar-refractivity contribution in [2.45, 2.75) is 81.0 Å². The Morgan fingerprint density at radius 3 is 2.42 bits per heavy atom. The summed E-state index contributed by atoms with van der Waals surface area (Å²) in [6, 6.07) is 0. The monoisotopic (exact) mass is 472 g/mol. The Morgan fingerprint density at radius 2 is 1.82 bits per heavy atom. The average molecular weight is 472 g/mol. The van der Waals surface area contributed by atoms with Crippen LogP contribution in [0.25, 0.3) is 0 Å². The summed E-state index contributed by atoms with van der Waals surface area (Å²) in [6.45, 7) is 3.12. The van der Waals surface area contributed by atoms with Crippen LogP contribution >= 0.6 is 0 Å². The molecule has 3 unspecified atom stereocenters. The number of carbonyl (C=O) groups is 2. The zero-order valence-corrected chi connectivity index (χ0v) is 18.0. The number of ether oxygens (including phenoxy) is 4. The number of hydrogen-bond acceptors (Lipinski definition) is 11. The van der Waals surface area contributed by atoms with Crippen molar-refractivity contribution < 1.29 is 59.2 Å². The third kappa shape index (κ3) is 2.78. The molecule has 6 N–H and O–H groups in total. The van der Waals surface area contributed by atoms with Crippen molar-refractivity contribution in [1.29, 1.82) is 0 Å². The second-order valence-corrected chi connectivity index (χ2v) is 9.96. The zero-order valence-electron chi connectivity index (χ0n) is 18.0. The first-order chi connectivity index (χ1) is 15.4. The maximum Gasteiger partial charge on any atom is 0.335 e. The van der Waals surface area contributed by atoms with E-state index in [2.05, 4.69) is 0 Å². The second-order valence-electron chi connectivity index (χ2n) is 9.96. The molecule has 5 aliphatic rings. The molecule has 0 amide bonds. The molecule has 0 aromatic carbocycles. The summed E-state index contributed by atoms with van der Waals surface area (Å²) in [6.07, 6.45) is -11.5. The quantitative estimate of drug-likeness (QED) is 0.228. The molecule has 33 heavy (non-hydrogen) atoms. The Labute approximate surface area is 188 Å². The van der Waals surface area contributed by atoms with Crippen molar-refractivity contribution in [2.75, 3.05) is 13.2 Å². The zero-order chi connectivity index (χ0) is 24.1. The molecule has 184 valence electrons. The third-order valence-electron chi connectivity index (χ3n) is 8.47. The van der Waals surface area contributed by atoms with E-state index in [0.29, 0.717) is 0 Å². The fraction of sp³-hybridized carbons (Fsp3) is 0.810. The van der Waals surface area contributed by atoms with Crippen LogP contribution in [0.4, 0.5) is 0 Å². The van der Waals surface area contributed by atoms with E-state index in [1.807, 2.05) is 0 Å². The summed E-state index contributed by atoms with van der Waals surface area (Å²) in [5, 5.41) is 61.6. The number of ketones is 1. The van der Waals surface area contributed by atoms with Gasteiger partial charge in [0.15, 0.2) is 18.2 Å². The van der Waals surface area contributed by atoms with Gasteiger partial charge in [-0.1, -0.05) is 6.92 Å². The van der Waals surface area contributed by atoms with Crippen molar-refractivity contribution in [3.8, 4) is 0 Å². The summed E-state index contributed by atoms with van der Waals surface area (Å²) in [7, 11) is 0. The van der Waals surface area contributed by atoms with Gasteiger partial charge in [0.2, 0.25) is 0 Å². The summed E-state index contributed by atoms with van der Waals surface area (Å²) >= 11 is 0. The van der Waals surface area contributed by atoms with Crippen molar-refractivity contribution in [1.82, 2.24) is 0 Å². The van der Waals surface area contributed by atoms with Crippen molar-refractivity contribution in [3.05, 3.63) is 11.6 Å². The minimum Gasteiger partial charge on any atom is -0.479 e.